The molecule has 3 aromatic carbocycles. The minimum Gasteiger partial charge on any atom is -0.476 e. The zero-order valence-electron chi connectivity index (χ0n) is 19.6. The largest absolute Gasteiger partial charge is 0.476 e. The number of fused-ring (bicyclic) bond motifs is 1. The third kappa shape index (κ3) is 5.58. The van der Waals surface area contributed by atoms with Crippen LogP contribution in [-0.2, 0) is 24.8 Å². The van der Waals surface area contributed by atoms with Gasteiger partial charge in [-0.3, -0.25) is 13.8 Å². The summed E-state index contributed by atoms with van der Waals surface area (Å²) in [6.45, 7) is 3.58. The van der Waals surface area contributed by atoms with Gasteiger partial charge in [0, 0.05) is 16.4 Å². The Morgan fingerprint density at radius 3 is 2.25 bits per heavy atom. The molecule has 1 atom stereocenters. The lowest BCUT2D eigenvalue weighted by molar-refractivity contribution is -0.122. The summed E-state index contributed by atoms with van der Waals surface area (Å²) in [5.41, 5.74) is 3.02. The quantitative estimate of drug-likeness (QED) is 0.480. The fourth-order valence-electron chi connectivity index (χ4n) is 3.63. The molecule has 0 aliphatic carbocycles. The fourth-order valence-corrected chi connectivity index (χ4v) is 5.76. The van der Waals surface area contributed by atoms with Crippen LogP contribution in [0.5, 0.6) is 5.75 Å². The maximum absolute atomic E-state index is 12.9. The van der Waals surface area contributed by atoms with Crippen LogP contribution in [0, 0.1) is 13.8 Å². The van der Waals surface area contributed by atoms with Gasteiger partial charge >= 0.3 is 0 Å². The van der Waals surface area contributed by atoms with Crippen LogP contribution in [0.25, 0.3) is 0 Å². The van der Waals surface area contributed by atoms with Crippen LogP contribution >= 0.6 is 11.6 Å². The van der Waals surface area contributed by atoms with Crippen LogP contribution in [0.1, 0.15) is 11.1 Å². The molecule has 4 rings (SSSR count). The first-order valence-corrected chi connectivity index (χ1v) is 14.5. The third-order valence-corrected chi connectivity index (χ3v) is 8.45. The summed E-state index contributed by atoms with van der Waals surface area (Å²) in [7, 11) is -7.55. The number of carbonyl (C=O) groups is 1. The molecule has 1 amide bonds. The number of amides is 1. The zero-order valence-corrected chi connectivity index (χ0v) is 22.0. The Hall–Kier alpha value is -3.28. The molecular weight excluding hydrogens is 526 g/mol. The van der Waals surface area contributed by atoms with E-state index in [1.807, 2.05) is 19.9 Å². The van der Waals surface area contributed by atoms with Crippen LogP contribution in [0.15, 0.2) is 65.6 Å². The average Bonchev–Trinajstić information content (AvgIpc) is 2.80. The second-order valence-corrected chi connectivity index (χ2v) is 12.5. The molecule has 0 saturated carbocycles. The summed E-state index contributed by atoms with van der Waals surface area (Å²) in [5, 5.41) is 2.97. The molecule has 0 unspecified atom stereocenters. The Bertz CT molecular complexity index is 1540. The second-order valence-electron chi connectivity index (χ2n) is 8.43. The fraction of sp³-hybridized carbons (Fsp3) is 0.208. The SMILES string of the molecule is Cc1ccc(NS(=O)(=O)c2ccc(NC(=O)[C@H]3CN(S(C)(=O)=O)c4cc(Cl)ccc4O3)cc2)cc1C. The third-order valence-electron chi connectivity index (χ3n) is 5.67. The van der Waals surface area contributed by atoms with Gasteiger partial charge in [-0.05, 0) is 79.6 Å². The van der Waals surface area contributed by atoms with Gasteiger partial charge in [-0.2, -0.15) is 0 Å². The highest BCUT2D eigenvalue weighted by Gasteiger charge is 2.35. The van der Waals surface area contributed by atoms with E-state index in [9.17, 15) is 21.6 Å². The molecule has 190 valence electrons. The Balaban J connectivity index is 1.48. The Labute approximate surface area is 215 Å². The molecule has 0 spiro atoms. The first-order chi connectivity index (χ1) is 16.8. The zero-order chi connectivity index (χ0) is 26.3. The topological polar surface area (TPSA) is 122 Å². The molecule has 1 aliphatic rings. The first-order valence-electron chi connectivity index (χ1n) is 10.8. The molecule has 0 bridgehead atoms. The van der Waals surface area contributed by atoms with E-state index in [0.717, 1.165) is 21.7 Å². The van der Waals surface area contributed by atoms with Crippen molar-refractivity contribution in [1.29, 1.82) is 0 Å². The Morgan fingerprint density at radius 1 is 0.944 bits per heavy atom. The van der Waals surface area contributed by atoms with Crippen molar-refractivity contribution in [1.82, 2.24) is 0 Å². The smallest absolute Gasteiger partial charge is 0.267 e. The van der Waals surface area contributed by atoms with Crippen LogP contribution in [0.2, 0.25) is 5.02 Å². The highest BCUT2D eigenvalue weighted by atomic mass is 35.5. The van der Waals surface area contributed by atoms with E-state index in [0.29, 0.717) is 16.4 Å². The van der Waals surface area contributed by atoms with Crippen molar-refractivity contribution in [2.75, 3.05) is 27.1 Å². The second kappa shape index (κ2) is 9.64. The standard InChI is InChI=1S/C24H24ClN3O6S2/c1-15-4-6-19(12-16(15)2)27-36(32,33)20-9-7-18(8-10-20)26-24(29)23-14-28(35(3,30)31)21-13-17(25)5-11-22(21)34-23/h4-13,23,27H,14H2,1-3H3,(H,26,29)/t23-/m1/s1. The van der Waals surface area contributed by atoms with Crippen molar-refractivity contribution in [3.8, 4) is 5.75 Å². The predicted molar refractivity (Wildman–Crippen MR) is 140 cm³/mol. The molecule has 1 aliphatic heterocycles. The lowest BCUT2D eigenvalue weighted by Crippen LogP contribution is -2.48. The number of benzene rings is 3. The van der Waals surface area contributed by atoms with Crippen molar-refractivity contribution >= 4 is 54.6 Å². The van der Waals surface area contributed by atoms with Gasteiger partial charge in [-0.25, -0.2) is 16.8 Å². The normalized spacial score (nSPS) is 15.6. The molecule has 36 heavy (non-hydrogen) atoms. The molecule has 0 radical (unpaired) electrons. The van der Waals surface area contributed by atoms with Gasteiger partial charge in [-0.1, -0.05) is 17.7 Å². The van der Waals surface area contributed by atoms with E-state index in [1.165, 1.54) is 42.5 Å². The van der Waals surface area contributed by atoms with Gasteiger partial charge in [0.25, 0.3) is 15.9 Å². The number of ether oxygens (including phenoxy) is 1. The monoisotopic (exact) mass is 549 g/mol. The number of sulfonamides is 2. The van der Waals surface area contributed by atoms with Crippen LogP contribution < -0.4 is 19.1 Å². The lowest BCUT2D eigenvalue weighted by Gasteiger charge is -2.34. The number of nitrogens with zero attached hydrogens (tertiary/aromatic N) is 1. The minimum absolute atomic E-state index is 0.0155. The number of aryl methyl sites for hydroxylation is 2. The van der Waals surface area contributed by atoms with Gasteiger partial charge in [0.2, 0.25) is 10.0 Å². The van der Waals surface area contributed by atoms with Crippen molar-refractivity contribution in [2.24, 2.45) is 0 Å². The molecule has 0 fully saturated rings. The van der Waals surface area contributed by atoms with Gasteiger partial charge in [-0.15, -0.1) is 0 Å². The molecule has 0 saturated heterocycles. The maximum atomic E-state index is 12.9. The molecular formula is C24H24ClN3O6S2. The number of halogens is 1. The molecule has 3 aromatic rings. The maximum Gasteiger partial charge on any atom is 0.267 e. The van der Waals surface area contributed by atoms with E-state index < -0.39 is 32.1 Å². The van der Waals surface area contributed by atoms with Crippen LogP contribution in [0.4, 0.5) is 17.1 Å². The van der Waals surface area contributed by atoms with Gasteiger partial charge < -0.3 is 10.1 Å². The minimum atomic E-state index is -3.84. The number of rotatable bonds is 6. The highest BCUT2D eigenvalue weighted by molar-refractivity contribution is 7.92. The van der Waals surface area contributed by atoms with E-state index in [4.69, 9.17) is 16.3 Å². The molecule has 1 heterocycles. The van der Waals surface area contributed by atoms with Crippen molar-refractivity contribution in [2.45, 2.75) is 24.8 Å². The highest BCUT2D eigenvalue weighted by Crippen LogP contribution is 2.37. The van der Waals surface area contributed by atoms with Crippen LogP contribution in [0.3, 0.4) is 0 Å². The van der Waals surface area contributed by atoms with E-state index >= 15 is 0 Å². The molecule has 12 heteroatoms. The van der Waals surface area contributed by atoms with E-state index in [2.05, 4.69) is 10.0 Å². The summed E-state index contributed by atoms with van der Waals surface area (Å²) >= 11 is 6.00. The number of nitrogens with one attached hydrogen (secondary N) is 2. The predicted octanol–water partition coefficient (Wildman–Crippen LogP) is 3.92. The Morgan fingerprint density at radius 2 is 1.61 bits per heavy atom. The van der Waals surface area contributed by atoms with E-state index in [1.54, 1.807) is 12.1 Å². The van der Waals surface area contributed by atoms with Crippen molar-refractivity contribution in [3.05, 3.63) is 76.8 Å². The van der Waals surface area contributed by atoms with Crippen molar-refractivity contribution in [3.63, 3.8) is 0 Å². The van der Waals surface area contributed by atoms with Gasteiger partial charge in [0.05, 0.1) is 23.4 Å². The molecule has 2 N–H and O–H groups in total. The summed E-state index contributed by atoms with van der Waals surface area (Å²) < 4.78 is 59.5. The molecule has 9 nitrogen and oxygen atoms in total. The summed E-state index contributed by atoms with van der Waals surface area (Å²) in [6, 6.07) is 15.4. The first kappa shape index (κ1) is 25.8. The van der Waals surface area contributed by atoms with Gasteiger partial charge in [0.15, 0.2) is 6.10 Å². The average molecular weight is 550 g/mol. The number of anilines is 3. The van der Waals surface area contributed by atoms with Gasteiger partial charge in [0.1, 0.15) is 5.75 Å². The molecule has 0 aromatic heterocycles. The summed E-state index contributed by atoms with van der Waals surface area (Å²) in [4.78, 5) is 12.9. The van der Waals surface area contributed by atoms with Crippen LogP contribution in [-0.4, -0.2) is 41.6 Å². The number of hydrogen-bond acceptors (Lipinski definition) is 6. The van der Waals surface area contributed by atoms with E-state index in [-0.39, 0.29) is 22.9 Å². The van der Waals surface area contributed by atoms with Crippen molar-refractivity contribution < 1.29 is 26.4 Å². The number of carbonyl (C=O) groups excluding carboxylic acids is 1. The summed E-state index contributed by atoms with van der Waals surface area (Å²) in [6.07, 6.45) is -0.105. The Kier molecular flexibility index (Phi) is 6.91. The number of hydrogen-bond donors (Lipinski definition) is 2. The summed E-state index contributed by atoms with van der Waals surface area (Å²) in [5.74, 6) is -0.386. The lowest BCUT2D eigenvalue weighted by atomic mass is 10.1.